The quantitative estimate of drug-likeness (QED) is 0.901. The van der Waals surface area contributed by atoms with Crippen molar-refractivity contribution < 1.29 is 0 Å². The highest BCUT2D eigenvalue weighted by molar-refractivity contribution is 9.10. The van der Waals surface area contributed by atoms with Gasteiger partial charge in [0.25, 0.3) is 0 Å². The fraction of sp³-hybridized carbons (Fsp3) is 0.182. The molecule has 0 fully saturated rings. The van der Waals surface area contributed by atoms with E-state index in [-0.39, 0.29) is 5.92 Å². The zero-order valence-electron chi connectivity index (χ0n) is 8.75. The molecule has 0 amide bonds. The number of hydrogen-bond donors (Lipinski definition) is 2. The van der Waals surface area contributed by atoms with Gasteiger partial charge in [-0.25, -0.2) is 4.98 Å². The highest BCUT2D eigenvalue weighted by atomic mass is 79.9. The molecule has 1 unspecified atom stereocenters. The fourth-order valence-electron chi connectivity index (χ4n) is 1.62. The third kappa shape index (κ3) is 2.83. The van der Waals surface area contributed by atoms with E-state index in [4.69, 9.17) is 28.9 Å². The van der Waals surface area contributed by atoms with Gasteiger partial charge in [0.2, 0.25) is 0 Å². The van der Waals surface area contributed by atoms with Crippen LogP contribution >= 0.6 is 39.1 Å². The summed E-state index contributed by atoms with van der Waals surface area (Å²) >= 11 is 15.2. The molecule has 3 nitrogen and oxygen atoms in total. The lowest BCUT2D eigenvalue weighted by Gasteiger charge is -2.13. The van der Waals surface area contributed by atoms with Crippen molar-refractivity contribution in [3.8, 4) is 0 Å². The number of halogens is 3. The molecule has 17 heavy (non-hydrogen) atoms. The molecular formula is C11H10BrCl2N3. The smallest absolute Gasteiger partial charge is 0.115 e. The highest BCUT2D eigenvalue weighted by Crippen LogP contribution is 2.29. The van der Waals surface area contributed by atoms with Gasteiger partial charge in [-0.05, 0) is 33.6 Å². The Morgan fingerprint density at radius 2 is 2.12 bits per heavy atom. The van der Waals surface area contributed by atoms with E-state index in [1.165, 1.54) is 0 Å². The Hall–Kier alpha value is -0.550. The van der Waals surface area contributed by atoms with Crippen molar-refractivity contribution in [3.05, 3.63) is 50.4 Å². The third-order valence-electron chi connectivity index (χ3n) is 2.48. The van der Waals surface area contributed by atoms with E-state index in [1.807, 2.05) is 12.1 Å². The molecule has 1 aromatic carbocycles. The summed E-state index contributed by atoms with van der Waals surface area (Å²) < 4.78 is 0.825. The van der Waals surface area contributed by atoms with Crippen molar-refractivity contribution in [2.24, 2.45) is 5.73 Å². The SMILES string of the molecule is NCC(c1ccc(Cl)c(Cl)c1)c1ncc(Br)[nH]1. The number of nitrogens with one attached hydrogen (secondary N) is 1. The zero-order chi connectivity index (χ0) is 12.4. The van der Waals surface area contributed by atoms with Gasteiger partial charge in [0.05, 0.1) is 22.2 Å². The molecule has 0 saturated carbocycles. The van der Waals surface area contributed by atoms with Gasteiger partial charge in [0.1, 0.15) is 10.4 Å². The summed E-state index contributed by atoms with van der Waals surface area (Å²) in [6.45, 7) is 0.442. The summed E-state index contributed by atoms with van der Waals surface area (Å²) in [6, 6.07) is 5.49. The van der Waals surface area contributed by atoms with Gasteiger partial charge in [-0.2, -0.15) is 0 Å². The van der Waals surface area contributed by atoms with Gasteiger partial charge in [0.15, 0.2) is 0 Å². The maximum atomic E-state index is 5.99. The lowest BCUT2D eigenvalue weighted by molar-refractivity contribution is 0.764. The van der Waals surface area contributed by atoms with E-state index in [9.17, 15) is 0 Å². The number of nitrogens with zero attached hydrogens (tertiary/aromatic N) is 1. The Morgan fingerprint density at radius 3 is 2.65 bits per heavy atom. The lowest BCUT2D eigenvalue weighted by Crippen LogP contribution is -2.15. The van der Waals surface area contributed by atoms with E-state index in [0.29, 0.717) is 16.6 Å². The Labute approximate surface area is 117 Å². The minimum Gasteiger partial charge on any atom is -0.336 e. The minimum absolute atomic E-state index is 0.0175. The Balaban J connectivity index is 2.38. The number of rotatable bonds is 3. The molecule has 0 bridgehead atoms. The third-order valence-corrected chi connectivity index (χ3v) is 3.62. The molecule has 0 aliphatic heterocycles. The molecule has 2 aromatic rings. The molecule has 1 atom stereocenters. The second-order valence-corrected chi connectivity index (χ2v) is 5.25. The van der Waals surface area contributed by atoms with Gasteiger partial charge < -0.3 is 10.7 Å². The summed E-state index contributed by atoms with van der Waals surface area (Å²) in [5.41, 5.74) is 6.77. The monoisotopic (exact) mass is 333 g/mol. The number of benzene rings is 1. The first-order valence-corrected chi connectivity index (χ1v) is 6.52. The first-order valence-electron chi connectivity index (χ1n) is 4.97. The Morgan fingerprint density at radius 1 is 1.35 bits per heavy atom. The zero-order valence-corrected chi connectivity index (χ0v) is 11.9. The molecule has 0 spiro atoms. The van der Waals surface area contributed by atoms with Crippen molar-refractivity contribution >= 4 is 39.1 Å². The molecule has 1 aromatic heterocycles. The summed E-state index contributed by atoms with van der Waals surface area (Å²) in [7, 11) is 0. The summed E-state index contributed by atoms with van der Waals surface area (Å²) in [5.74, 6) is 0.786. The number of aromatic amines is 1. The van der Waals surface area contributed by atoms with Gasteiger partial charge in [-0.3, -0.25) is 0 Å². The molecule has 6 heteroatoms. The predicted molar refractivity (Wildman–Crippen MR) is 73.6 cm³/mol. The van der Waals surface area contributed by atoms with Crippen molar-refractivity contribution in [1.82, 2.24) is 9.97 Å². The molecule has 0 radical (unpaired) electrons. The second-order valence-electron chi connectivity index (χ2n) is 3.58. The number of H-pyrrole nitrogens is 1. The van der Waals surface area contributed by atoms with Crippen LogP contribution < -0.4 is 5.73 Å². The van der Waals surface area contributed by atoms with Crippen molar-refractivity contribution in [2.45, 2.75) is 5.92 Å². The van der Waals surface area contributed by atoms with Gasteiger partial charge in [-0.1, -0.05) is 29.3 Å². The van der Waals surface area contributed by atoms with E-state index < -0.39 is 0 Å². The van der Waals surface area contributed by atoms with Gasteiger partial charge >= 0.3 is 0 Å². The lowest BCUT2D eigenvalue weighted by atomic mass is 9.99. The van der Waals surface area contributed by atoms with Gasteiger partial charge in [0, 0.05) is 6.54 Å². The molecule has 2 rings (SSSR count). The van der Waals surface area contributed by atoms with Crippen LogP contribution in [0.15, 0.2) is 29.0 Å². The van der Waals surface area contributed by atoms with Crippen LogP contribution in [-0.2, 0) is 0 Å². The fourth-order valence-corrected chi connectivity index (χ4v) is 2.24. The second kappa shape index (κ2) is 5.40. The normalized spacial score (nSPS) is 12.7. The Bertz CT molecular complexity index is 527. The summed E-state index contributed by atoms with van der Waals surface area (Å²) in [6.07, 6.45) is 1.70. The predicted octanol–water partition coefficient (Wildman–Crippen LogP) is 3.57. The molecule has 90 valence electrons. The molecule has 0 aliphatic rings. The molecule has 3 N–H and O–H groups in total. The number of aromatic nitrogens is 2. The van der Waals surface area contributed by atoms with Crippen molar-refractivity contribution in [2.75, 3.05) is 6.54 Å². The summed E-state index contributed by atoms with van der Waals surface area (Å²) in [4.78, 5) is 7.37. The van der Waals surface area contributed by atoms with Crippen LogP contribution in [0.2, 0.25) is 10.0 Å². The minimum atomic E-state index is -0.0175. The van der Waals surface area contributed by atoms with E-state index >= 15 is 0 Å². The van der Waals surface area contributed by atoms with Crippen LogP contribution in [0.4, 0.5) is 0 Å². The van der Waals surface area contributed by atoms with Gasteiger partial charge in [-0.15, -0.1) is 0 Å². The highest BCUT2D eigenvalue weighted by Gasteiger charge is 2.16. The maximum absolute atomic E-state index is 5.99. The number of hydrogen-bond acceptors (Lipinski definition) is 2. The van der Waals surface area contributed by atoms with E-state index in [1.54, 1.807) is 12.3 Å². The van der Waals surface area contributed by atoms with E-state index in [2.05, 4.69) is 25.9 Å². The molecule has 0 aliphatic carbocycles. The van der Waals surface area contributed by atoms with Crippen LogP contribution in [0.1, 0.15) is 17.3 Å². The first kappa shape index (κ1) is 12.9. The van der Waals surface area contributed by atoms with Crippen LogP contribution in [0.25, 0.3) is 0 Å². The number of imidazole rings is 1. The Kier molecular flexibility index (Phi) is 4.09. The average Bonchev–Trinajstić information content (AvgIpc) is 2.71. The van der Waals surface area contributed by atoms with Crippen LogP contribution in [0.3, 0.4) is 0 Å². The van der Waals surface area contributed by atoms with Crippen LogP contribution in [0.5, 0.6) is 0 Å². The largest absolute Gasteiger partial charge is 0.336 e. The first-order chi connectivity index (χ1) is 8.11. The van der Waals surface area contributed by atoms with Crippen molar-refractivity contribution in [3.63, 3.8) is 0 Å². The molecule has 1 heterocycles. The van der Waals surface area contributed by atoms with E-state index in [0.717, 1.165) is 16.0 Å². The average molecular weight is 335 g/mol. The number of nitrogens with two attached hydrogens (primary N) is 1. The molecule has 0 saturated heterocycles. The topological polar surface area (TPSA) is 54.7 Å². The van der Waals surface area contributed by atoms with Crippen molar-refractivity contribution in [1.29, 1.82) is 0 Å². The summed E-state index contributed by atoms with van der Waals surface area (Å²) in [5, 5.41) is 1.06. The standard InChI is InChI=1S/C11H10BrCl2N3/c12-10-5-16-11(17-10)7(4-15)6-1-2-8(13)9(14)3-6/h1-3,5,7H,4,15H2,(H,16,17). The van der Waals surface area contributed by atoms with Crippen LogP contribution in [-0.4, -0.2) is 16.5 Å². The molecular weight excluding hydrogens is 325 g/mol. The maximum Gasteiger partial charge on any atom is 0.115 e. The van der Waals surface area contributed by atoms with Crippen LogP contribution in [0, 0.1) is 0 Å².